The monoisotopic (exact) mass is 1110 g/mol. The van der Waals surface area contributed by atoms with Crippen molar-refractivity contribution in [1.29, 1.82) is 0 Å². The lowest BCUT2D eigenvalue weighted by molar-refractivity contribution is -0.167. The molecule has 0 N–H and O–H groups in total. The summed E-state index contributed by atoms with van der Waals surface area (Å²) in [5, 5.41) is 0. The Balaban J connectivity index is 4.24. The van der Waals surface area contributed by atoms with Crippen molar-refractivity contribution < 1.29 is 28.6 Å². The van der Waals surface area contributed by atoms with Crippen molar-refractivity contribution in [3.05, 3.63) is 36.5 Å². The predicted octanol–water partition coefficient (Wildman–Crippen LogP) is 24.3. The summed E-state index contributed by atoms with van der Waals surface area (Å²) in [6.07, 6.45) is 84.6. The fourth-order valence-corrected chi connectivity index (χ4v) is 10.7. The standard InChI is InChI=1S/C73H136O6/c1-4-7-10-13-16-19-22-25-27-29-31-33-35-36-38-39-41-43-45-48-51-54-57-60-63-66-72(75)78-69-70(68-77-71(74)65-62-59-56-53-50-47-24-21-18-15-12-9-6-3)79-73(76)67-64-61-58-55-52-49-46-44-42-40-37-34-32-30-28-26-23-20-17-14-11-8-5-2/h21,24,29-32,70H,4-20,22-23,25-28,33-69H2,1-3H3/b24-21-,31-29-,32-30-. The van der Waals surface area contributed by atoms with E-state index in [-0.39, 0.29) is 31.1 Å². The molecule has 0 spiro atoms. The van der Waals surface area contributed by atoms with Crippen LogP contribution in [-0.2, 0) is 28.6 Å². The van der Waals surface area contributed by atoms with Gasteiger partial charge in [-0.25, -0.2) is 0 Å². The van der Waals surface area contributed by atoms with E-state index < -0.39 is 6.10 Å². The number of ether oxygens (including phenoxy) is 3. The normalized spacial score (nSPS) is 12.2. The van der Waals surface area contributed by atoms with E-state index in [1.807, 2.05) is 0 Å². The maximum atomic E-state index is 12.9. The van der Waals surface area contributed by atoms with E-state index in [0.717, 1.165) is 64.2 Å². The van der Waals surface area contributed by atoms with Crippen LogP contribution in [0.1, 0.15) is 393 Å². The lowest BCUT2D eigenvalue weighted by Crippen LogP contribution is -2.30. The zero-order chi connectivity index (χ0) is 57.1. The first-order valence-electron chi connectivity index (χ1n) is 35.5. The highest BCUT2D eigenvalue weighted by Gasteiger charge is 2.19. The molecule has 0 heterocycles. The van der Waals surface area contributed by atoms with Crippen molar-refractivity contribution in [2.24, 2.45) is 0 Å². The van der Waals surface area contributed by atoms with E-state index >= 15 is 0 Å². The summed E-state index contributed by atoms with van der Waals surface area (Å²) in [4.78, 5) is 38.4. The SMILES string of the molecule is CCCCCC/C=C\CCCCCCCC(=O)OCC(COC(=O)CCCCCCCCCCCCCCC/C=C\CCCCCCCCCC)OC(=O)CCCCCCCCCCCCC/C=C\CCCCCCCCCC. The molecule has 0 saturated heterocycles. The van der Waals surface area contributed by atoms with Crippen LogP contribution in [0.2, 0.25) is 0 Å². The quantitative estimate of drug-likeness (QED) is 0.0261. The highest BCUT2D eigenvalue weighted by Crippen LogP contribution is 2.18. The molecule has 0 rings (SSSR count). The van der Waals surface area contributed by atoms with Gasteiger partial charge in [-0.15, -0.1) is 0 Å². The summed E-state index contributed by atoms with van der Waals surface area (Å²) in [5.74, 6) is -0.854. The van der Waals surface area contributed by atoms with Gasteiger partial charge >= 0.3 is 17.9 Å². The Morgan fingerprint density at radius 3 is 0.646 bits per heavy atom. The van der Waals surface area contributed by atoms with Crippen LogP contribution < -0.4 is 0 Å². The molecule has 1 atom stereocenters. The van der Waals surface area contributed by atoms with Gasteiger partial charge in [-0.05, 0) is 96.3 Å². The molecule has 464 valence electrons. The molecule has 79 heavy (non-hydrogen) atoms. The molecule has 0 radical (unpaired) electrons. The lowest BCUT2D eigenvalue weighted by Gasteiger charge is -2.18. The Morgan fingerprint density at radius 1 is 0.241 bits per heavy atom. The Hall–Kier alpha value is -2.37. The van der Waals surface area contributed by atoms with Crippen molar-refractivity contribution in [3.8, 4) is 0 Å². The van der Waals surface area contributed by atoms with E-state index in [2.05, 4.69) is 57.2 Å². The van der Waals surface area contributed by atoms with Crippen LogP contribution in [-0.4, -0.2) is 37.2 Å². The molecule has 0 bridgehead atoms. The third-order valence-corrected chi connectivity index (χ3v) is 16.1. The first kappa shape index (κ1) is 76.6. The fourth-order valence-electron chi connectivity index (χ4n) is 10.7. The zero-order valence-electron chi connectivity index (χ0n) is 53.4. The number of hydrogen-bond acceptors (Lipinski definition) is 6. The second kappa shape index (κ2) is 68.1. The van der Waals surface area contributed by atoms with E-state index in [1.54, 1.807) is 0 Å². The average molecular weight is 1110 g/mol. The Labute approximate surface area is 493 Å². The van der Waals surface area contributed by atoms with Crippen LogP contribution in [0.25, 0.3) is 0 Å². The highest BCUT2D eigenvalue weighted by atomic mass is 16.6. The van der Waals surface area contributed by atoms with E-state index in [0.29, 0.717) is 19.3 Å². The summed E-state index contributed by atoms with van der Waals surface area (Å²) >= 11 is 0. The van der Waals surface area contributed by atoms with Gasteiger partial charge in [-0.3, -0.25) is 14.4 Å². The molecule has 0 aliphatic heterocycles. The fraction of sp³-hybridized carbons (Fsp3) is 0.877. The van der Waals surface area contributed by atoms with E-state index in [9.17, 15) is 14.4 Å². The van der Waals surface area contributed by atoms with Crippen LogP contribution >= 0.6 is 0 Å². The first-order chi connectivity index (χ1) is 39.0. The van der Waals surface area contributed by atoms with Crippen molar-refractivity contribution in [2.75, 3.05) is 13.2 Å². The van der Waals surface area contributed by atoms with Crippen LogP contribution in [0.3, 0.4) is 0 Å². The number of hydrogen-bond donors (Lipinski definition) is 0. The minimum absolute atomic E-state index is 0.0712. The molecule has 6 nitrogen and oxygen atoms in total. The molecular formula is C73H136O6. The van der Waals surface area contributed by atoms with Crippen LogP contribution in [0, 0.1) is 0 Å². The molecule has 0 aliphatic rings. The minimum atomic E-state index is -0.775. The Bertz CT molecular complexity index is 1320. The molecule has 1 unspecified atom stereocenters. The second-order valence-electron chi connectivity index (χ2n) is 24.1. The van der Waals surface area contributed by atoms with Crippen LogP contribution in [0.5, 0.6) is 0 Å². The predicted molar refractivity (Wildman–Crippen MR) is 344 cm³/mol. The van der Waals surface area contributed by atoms with Gasteiger partial charge in [-0.2, -0.15) is 0 Å². The van der Waals surface area contributed by atoms with Gasteiger partial charge in [0.05, 0.1) is 0 Å². The summed E-state index contributed by atoms with van der Waals surface area (Å²) < 4.78 is 17.0. The van der Waals surface area contributed by atoms with Gasteiger partial charge in [0.1, 0.15) is 13.2 Å². The number of carbonyl (C=O) groups is 3. The van der Waals surface area contributed by atoms with E-state index in [1.165, 1.54) is 289 Å². The van der Waals surface area contributed by atoms with E-state index in [4.69, 9.17) is 14.2 Å². The van der Waals surface area contributed by atoms with Gasteiger partial charge in [-0.1, -0.05) is 314 Å². The lowest BCUT2D eigenvalue weighted by atomic mass is 10.0. The van der Waals surface area contributed by atoms with Crippen molar-refractivity contribution >= 4 is 17.9 Å². The average Bonchev–Trinajstić information content (AvgIpc) is 3.45. The van der Waals surface area contributed by atoms with Gasteiger partial charge in [0.25, 0.3) is 0 Å². The molecule has 6 heteroatoms. The second-order valence-corrected chi connectivity index (χ2v) is 24.1. The Kier molecular flexibility index (Phi) is 66.1. The van der Waals surface area contributed by atoms with Gasteiger partial charge in [0, 0.05) is 19.3 Å². The first-order valence-corrected chi connectivity index (χ1v) is 35.5. The van der Waals surface area contributed by atoms with Gasteiger partial charge < -0.3 is 14.2 Å². The molecule has 0 aromatic heterocycles. The minimum Gasteiger partial charge on any atom is -0.462 e. The van der Waals surface area contributed by atoms with Crippen LogP contribution in [0.15, 0.2) is 36.5 Å². The molecule has 0 saturated carbocycles. The summed E-state index contributed by atoms with van der Waals surface area (Å²) in [7, 11) is 0. The number of allylic oxidation sites excluding steroid dienone is 6. The third kappa shape index (κ3) is 66.3. The van der Waals surface area contributed by atoms with Crippen molar-refractivity contribution in [1.82, 2.24) is 0 Å². The summed E-state index contributed by atoms with van der Waals surface area (Å²) in [6, 6.07) is 0. The smallest absolute Gasteiger partial charge is 0.306 e. The maximum absolute atomic E-state index is 12.9. The highest BCUT2D eigenvalue weighted by molar-refractivity contribution is 5.71. The molecule has 0 aromatic rings. The number of rotatable bonds is 66. The van der Waals surface area contributed by atoms with Gasteiger partial charge in [0.2, 0.25) is 0 Å². The Morgan fingerprint density at radius 2 is 0.418 bits per heavy atom. The maximum Gasteiger partial charge on any atom is 0.306 e. The van der Waals surface area contributed by atoms with Crippen molar-refractivity contribution in [2.45, 2.75) is 399 Å². The molecule has 0 aliphatic carbocycles. The molecule has 0 aromatic carbocycles. The number of carbonyl (C=O) groups excluding carboxylic acids is 3. The number of unbranched alkanes of at least 4 members (excludes halogenated alkanes) is 49. The number of esters is 3. The summed E-state index contributed by atoms with van der Waals surface area (Å²) in [5.41, 5.74) is 0. The topological polar surface area (TPSA) is 78.9 Å². The molecular weight excluding hydrogens is 973 g/mol. The largest absolute Gasteiger partial charge is 0.462 e. The molecule has 0 amide bonds. The van der Waals surface area contributed by atoms with Crippen molar-refractivity contribution in [3.63, 3.8) is 0 Å². The zero-order valence-corrected chi connectivity index (χ0v) is 53.4. The summed E-state index contributed by atoms with van der Waals surface area (Å²) in [6.45, 7) is 6.69. The third-order valence-electron chi connectivity index (χ3n) is 16.1. The van der Waals surface area contributed by atoms with Crippen LogP contribution in [0.4, 0.5) is 0 Å². The van der Waals surface area contributed by atoms with Gasteiger partial charge in [0.15, 0.2) is 6.10 Å². The molecule has 0 fully saturated rings.